The summed E-state index contributed by atoms with van der Waals surface area (Å²) in [5.41, 5.74) is 2.05. The molecule has 1 aliphatic heterocycles. The van der Waals surface area contributed by atoms with E-state index in [2.05, 4.69) is 31.0 Å². The van der Waals surface area contributed by atoms with Crippen LogP contribution in [0, 0.1) is 19.8 Å². The van der Waals surface area contributed by atoms with Crippen molar-refractivity contribution in [2.75, 3.05) is 32.7 Å². The van der Waals surface area contributed by atoms with Gasteiger partial charge in [-0.15, -0.1) is 0 Å². The maximum absolute atomic E-state index is 12.9. The Balaban J connectivity index is 1.91. The van der Waals surface area contributed by atoms with E-state index in [1.807, 2.05) is 19.9 Å². The van der Waals surface area contributed by atoms with Crippen LogP contribution < -0.4 is 5.32 Å². The standard InChI is InChI=1S/C21H35N3O3S/c1-6-23(7-2)18(5)15-22-21(25)19-10-12-24(13-11-19)28(26,27)20-9-8-16(3)17(4)14-20/h8-9,14,18-19H,6-7,10-13,15H2,1-5H3,(H,22,25)/t18-/m0/s1. The number of hydrogen-bond donors (Lipinski definition) is 1. The molecule has 0 saturated carbocycles. The molecule has 1 amide bonds. The minimum Gasteiger partial charge on any atom is -0.354 e. The summed E-state index contributed by atoms with van der Waals surface area (Å²) in [7, 11) is -3.50. The number of benzene rings is 1. The van der Waals surface area contributed by atoms with Gasteiger partial charge in [-0.1, -0.05) is 19.9 Å². The highest BCUT2D eigenvalue weighted by atomic mass is 32.2. The molecule has 28 heavy (non-hydrogen) atoms. The van der Waals surface area contributed by atoms with Crippen LogP contribution in [0.5, 0.6) is 0 Å². The number of piperidine rings is 1. The van der Waals surface area contributed by atoms with Crippen LogP contribution in [-0.2, 0) is 14.8 Å². The highest BCUT2D eigenvalue weighted by Crippen LogP contribution is 2.25. The Morgan fingerprint density at radius 2 is 1.79 bits per heavy atom. The van der Waals surface area contributed by atoms with Crippen molar-refractivity contribution in [2.45, 2.75) is 58.4 Å². The van der Waals surface area contributed by atoms with E-state index in [9.17, 15) is 13.2 Å². The second-order valence-electron chi connectivity index (χ2n) is 7.74. The molecule has 0 unspecified atom stereocenters. The van der Waals surface area contributed by atoms with Gasteiger partial charge in [0.2, 0.25) is 15.9 Å². The summed E-state index contributed by atoms with van der Waals surface area (Å²) in [5, 5.41) is 3.05. The lowest BCUT2D eigenvalue weighted by molar-refractivity contribution is -0.126. The molecule has 1 saturated heterocycles. The molecule has 1 aromatic rings. The molecule has 0 spiro atoms. The van der Waals surface area contributed by atoms with E-state index < -0.39 is 10.0 Å². The molecule has 2 rings (SSSR count). The predicted molar refractivity (Wildman–Crippen MR) is 113 cm³/mol. The summed E-state index contributed by atoms with van der Waals surface area (Å²) in [4.78, 5) is 15.2. The SMILES string of the molecule is CCN(CC)[C@@H](C)CNC(=O)C1CCN(S(=O)(=O)c2ccc(C)c(C)c2)CC1. The molecule has 1 fully saturated rings. The lowest BCUT2D eigenvalue weighted by atomic mass is 9.97. The number of carbonyl (C=O) groups is 1. The molecule has 1 aliphatic rings. The normalized spacial score (nSPS) is 17.6. The maximum Gasteiger partial charge on any atom is 0.243 e. The summed E-state index contributed by atoms with van der Waals surface area (Å²) in [6.07, 6.45) is 1.13. The Labute approximate surface area is 170 Å². The Hall–Kier alpha value is -1.44. The van der Waals surface area contributed by atoms with Gasteiger partial charge in [-0.05, 0) is 70.0 Å². The molecule has 1 heterocycles. The fraction of sp³-hybridized carbons (Fsp3) is 0.667. The lowest BCUT2D eigenvalue weighted by Crippen LogP contribution is -2.46. The lowest BCUT2D eigenvalue weighted by Gasteiger charge is -2.31. The minimum atomic E-state index is -3.50. The van der Waals surface area contributed by atoms with Crippen molar-refractivity contribution in [1.82, 2.24) is 14.5 Å². The zero-order valence-electron chi connectivity index (χ0n) is 17.9. The predicted octanol–water partition coefficient (Wildman–Crippen LogP) is 2.55. The molecule has 1 aromatic carbocycles. The van der Waals surface area contributed by atoms with Crippen LogP contribution in [-0.4, -0.2) is 62.3 Å². The van der Waals surface area contributed by atoms with Crippen LogP contribution in [0.2, 0.25) is 0 Å². The zero-order chi connectivity index (χ0) is 20.9. The smallest absolute Gasteiger partial charge is 0.243 e. The van der Waals surface area contributed by atoms with Crippen molar-refractivity contribution in [1.29, 1.82) is 0 Å². The number of aryl methyl sites for hydroxylation is 2. The molecule has 0 aliphatic carbocycles. The average molecular weight is 410 g/mol. The van der Waals surface area contributed by atoms with Gasteiger partial charge in [-0.25, -0.2) is 8.42 Å². The summed E-state index contributed by atoms with van der Waals surface area (Å²) < 4.78 is 27.3. The molecule has 1 atom stereocenters. The van der Waals surface area contributed by atoms with Crippen molar-refractivity contribution in [3.8, 4) is 0 Å². The molecular formula is C21H35N3O3S. The third-order valence-electron chi connectivity index (χ3n) is 5.95. The maximum atomic E-state index is 12.9. The van der Waals surface area contributed by atoms with Gasteiger partial charge in [-0.2, -0.15) is 4.31 Å². The van der Waals surface area contributed by atoms with E-state index in [4.69, 9.17) is 0 Å². The van der Waals surface area contributed by atoms with Gasteiger partial charge in [0.1, 0.15) is 0 Å². The first-order valence-corrected chi connectivity index (χ1v) is 11.7. The molecular weight excluding hydrogens is 374 g/mol. The fourth-order valence-corrected chi connectivity index (χ4v) is 5.31. The topological polar surface area (TPSA) is 69.7 Å². The molecule has 158 valence electrons. The largest absolute Gasteiger partial charge is 0.354 e. The van der Waals surface area contributed by atoms with Crippen LogP contribution in [0.15, 0.2) is 23.1 Å². The fourth-order valence-electron chi connectivity index (χ4n) is 3.75. The van der Waals surface area contributed by atoms with Gasteiger partial charge in [0, 0.05) is 31.6 Å². The summed E-state index contributed by atoms with van der Waals surface area (Å²) in [6, 6.07) is 5.55. The average Bonchev–Trinajstić information content (AvgIpc) is 2.69. The first kappa shape index (κ1) is 22.8. The Morgan fingerprint density at radius 3 is 2.32 bits per heavy atom. The molecule has 6 nitrogen and oxygen atoms in total. The zero-order valence-corrected chi connectivity index (χ0v) is 18.7. The number of nitrogens with one attached hydrogen (secondary N) is 1. The van der Waals surface area contributed by atoms with Gasteiger partial charge in [0.15, 0.2) is 0 Å². The molecule has 1 N–H and O–H groups in total. The molecule has 0 bridgehead atoms. The van der Waals surface area contributed by atoms with Crippen LogP contribution >= 0.6 is 0 Å². The monoisotopic (exact) mass is 409 g/mol. The minimum absolute atomic E-state index is 0.0437. The number of rotatable bonds is 8. The van der Waals surface area contributed by atoms with Gasteiger partial charge in [0.05, 0.1) is 4.90 Å². The summed E-state index contributed by atoms with van der Waals surface area (Å²) >= 11 is 0. The molecule has 0 aromatic heterocycles. The van der Waals surface area contributed by atoms with Gasteiger partial charge in [-0.3, -0.25) is 9.69 Å². The van der Waals surface area contributed by atoms with Crippen molar-refractivity contribution in [3.05, 3.63) is 29.3 Å². The number of nitrogens with zero attached hydrogens (tertiary/aromatic N) is 2. The number of amides is 1. The Bertz CT molecular complexity index is 767. The van der Waals surface area contributed by atoms with Gasteiger partial charge < -0.3 is 5.32 Å². The third kappa shape index (κ3) is 5.33. The van der Waals surface area contributed by atoms with Crippen LogP contribution in [0.3, 0.4) is 0 Å². The van der Waals surface area contributed by atoms with Gasteiger partial charge >= 0.3 is 0 Å². The van der Waals surface area contributed by atoms with Crippen molar-refractivity contribution >= 4 is 15.9 Å². The van der Waals surface area contributed by atoms with E-state index in [-0.39, 0.29) is 11.8 Å². The molecule has 7 heteroatoms. The van der Waals surface area contributed by atoms with Crippen LogP contribution in [0.25, 0.3) is 0 Å². The number of hydrogen-bond acceptors (Lipinski definition) is 4. The first-order valence-electron chi connectivity index (χ1n) is 10.3. The second-order valence-corrected chi connectivity index (χ2v) is 9.68. The highest BCUT2D eigenvalue weighted by Gasteiger charge is 2.32. The Morgan fingerprint density at radius 1 is 1.18 bits per heavy atom. The number of likely N-dealkylation sites (N-methyl/N-ethyl adjacent to an activating group) is 1. The van der Waals surface area contributed by atoms with Crippen molar-refractivity contribution < 1.29 is 13.2 Å². The van der Waals surface area contributed by atoms with E-state index in [1.165, 1.54) is 4.31 Å². The van der Waals surface area contributed by atoms with Crippen LogP contribution in [0.1, 0.15) is 44.7 Å². The van der Waals surface area contributed by atoms with Crippen molar-refractivity contribution in [3.63, 3.8) is 0 Å². The highest BCUT2D eigenvalue weighted by molar-refractivity contribution is 7.89. The van der Waals surface area contributed by atoms with E-state index in [1.54, 1.807) is 12.1 Å². The van der Waals surface area contributed by atoms with Crippen molar-refractivity contribution in [2.24, 2.45) is 5.92 Å². The summed E-state index contributed by atoms with van der Waals surface area (Å²) in [5.74, 6) is -0.0719. The Kier molecular flexibility index (Phi) is 8.04. The quantitative estimate of drug-likeness (QED) is 0.716. The third-order valence-corrected chi connectivity index (χ3v) is 7.84. The summed E-state index contributed by atoms with van der Waals surface area (Å²) in [6.45, 7) is 13.6. The van der Waals surface area contributed by atoms with E-state index >= 15 is 0 Å². The number of carbonyl (C=O) groups excluding carboxylic acids is 1. The van der Waals surface area contributed by atoms with E-state index in [0.29, 0.717) is 43.4 Å². The van der Waals surface area contributed by atoms with Gasteiger partial charge in [0.25, 0.3) is 0 Å². The second kappa shape index (κ2) is 9.85. The molecule has 0 radical (unpaired) electrons. The first-order chi connectivity index (χ1) is 13.2. The van der Waals surface area contributed by atoms with E-state index in [0.717, 1.165) is 24.2 Å². The number of sulfonamides is 1. The van der Waals surface area contributed by atoms with Crippen LogP contribution in [0.4, 0.5) is 0 Å².